The standard InChI is InChI=1S/C22H22ClN3O2/c1-26-13-19(16-5-8-25-12-18(16)22(26)27)15-10-20(23)17(21(11-15)28-2)9-14-3-6-24-7-4-14/h5,8-13,24H,3-4,6-7H2,1-2H3. The molecule has 1 N–H and O–H groups in total. The smallest absolute Gasteiger partial charge is 0.259 e. The molecule has 5 nitrogen and oxygen atoms in total. The van der Waals surface area contributed by atoms with Gasteiger partial charge in [0.1, 0.15) is 5.75 Å². The highest BCUT2D eigenvalue weighted by Gasteiger charge is 2.15. The Morgan fingerprint density at radius 1 is 1.25 bits per heavy atom. The Morgan fingerprint density at radius 3 is 2.79 bits per heavy atom. The first kappa shape index (κ1) is 18.7. The van der Waals surface area contributed by atoms with Gasteiger partial charge in [-0.15, -0.1) is 0 Å². The number of nitrogens with zero attached hydrogens (tertiary/aromatic N) is 2. The number of aromatic nitrogens is 2. The number of piperidine rings is 1. The summed E-state index contributed by atoms with van der Waals surface area (Å²) in [5.74, 6) is 0.726. The van der Waals surface area contributed by atoms with Gasteiger partial charge in [-0.25, -0.2) is 0 Å². The quantitative estimate of drug-likeness (QED) is 0.727. The second-order valence-corrected chi connectivity index (χ2v) is 7.41. The predicted molar refractivity (Wildman–Crippen MR) is 114 cm³/mol. The van der Waals surface area contributed by atoms with E-state index >= 15 is 0 Å². The molecule has 0 bridgehead atoms. The molecule has 1 aromatic carbocycles. The lowest BCUT2D eigenvalue weighted by atomic mass is 9.97. The molecule has 3 heterocycles. The van der Waals surface area contributed by atoms with Crippen LogP contribution in [0, 0.1) is 0 Å². The number of benzene rings is 1. The van der Waals surface area contributed by atoms with Gasteiger partial charge in [0.05, 0.1) is 17.5 Å². The van der Waals surface area contributed by atoms with Crippen molar-refractivity contribution in [3.63, 3.8) is 0 Å². The largest absolute Gasteiger partial charge is 0.496 e. The minimum atomic E-state index is -0.0721. The van der Waals surface area contributed by atoms with Gasteiger partial charge in [0.2, 0.25) is 0 Å². The van der Waals surface area contributed by atoms with E-state index in [-0.39, 0.29) is 5.56 Å². The van der Waals surface area contributed by atoms with Crippen LogP contribution in [0.3, 0.4) is 0 Å². The van der Waals surface area contributed by atoms with Crippen molar-refractivity contribution in [3.8, 4) is 16.9 Å². The van der Waals surface area contributed by atoms with E-state index in [1.807, 2.05) is 24.4 Å². The molecule has 1 aliphatic rings. The second kappa shape index (κ2) is 7.78. The number of nitrogens with one attached hydrogen (secondary N) is 1. The molecule has 4 rings (SSSR count). The Labute approximate surface area is 168 Å². The number of aryl methyl sites for hydroxylation is 1. The predicted octanol–water partition coefficient (Wildman–Crippen LogP) is 4.03. The molecule has 2 aromatic heterocycles. The van der Waals surface area contributed by atoms with Crippen molar-refractivity contribution in [2.45, 2.75) is 12.8 Å². The maximum atomic E-state index is 12.4. The van der Waals surface area contributed by atoms with E-state index in [1.54, 1.807) is 31.1 Å². The van der Waals surface area contributed by atoms with Crippen LogP contribution >= 0.6 is 11.6 Å². The maximum absolute atomic E-state index is 12.4. The summed E-state index contributed by atoms with van der Waals surface area (Å²) in [4.78, 5) is 16.5. The molecule has 3 aromatic rings. The molecular formula is C22H22ClN3O2. The van der Waals surface area contributed by atoms with Crippen LogP contribution in [0.15, 0.2) is 47.2 Å². The fraction of sp³-hybridized carbons (Fsp3) is 0.273. The van der Waals surface area contributed by atoms with Crippen LogP contribution < -0.4 is 15.6 Å². The molecule has 0 unspecified atom stereocenters. The number of ether oxygens (including phenoxy) is 1. The lowest BCUT2D eigenvalue weighted by Gasteiger charge is -2.17. The molecule has 0 amide bonds. The van der Waals surface area contributed by atoms with Gasteiger partial charge in [0, 0.05) is 36.8 Å². The normalized spacial score (nSPS) is 14.3. The topological polar surface area (TPSA) is 56.2 Å². The molecule has 1 saturated heterocycles. The van der Waals surface area contributed by atoms with E-state index in [0.717, 1.165) is 53.8 Å². The molecule has 0 radical (unpaired) electrons. The number of fused-ring (bicyclic) bond motifs is 1. The van der Waals surface area contributed by atoms with Crippen LogP contribution in [0.1, 0.15) is 18.4 Å². The van der Waals surface area contributed by atoms with Crippen molar-refractivity contribution in [3.05, 3.63) is 63.3 Å². The van der Waals surface area contributed by atoms with Crippen LogP contribution in [0.4, 0.5) is 0 Å². The molecule has 1 aliphatic heterocycles. The molecule has 28 heavy (non-hydrogen) atoms. The van der Waals surface area contributed by atoms with Crippen molar-refractivity contribution in [2.75, 3.05) is 20.2 Å². The summed E-state index contributed by atoms with van der Waals surface area (Å²) in [5.41, 5.74) is 4.02. The summed E-state index contributed by atoms with van der Waals surface area (Å²) in [6.07, 6.45) is 9.31. The highest BCUT2D eigenvalue weighted by atomic mass is 35.5. The molecule has 0 aliphatic carbocycles. The monoisotopic (exact) mass is 395 g/mol. The van der Waals surface area contributed by atoms with Gasteiger partial charge in [0.25, 0.3) is 5.56 Å². The average Bonchev–Trinajstić information content (AvgIpc) is 2.73. The number of halogens is 1. The zero-order chi connectivity index (χ0) is 19.7. The van der Waals surface area contributed by atoms with E-state index < -0.39 is 0 Å². The lowest BCUT2D eigenvalue weighted by molar-refractivity contribution is 0.414. The van der Waals surface area contributed by atoms with E-state index in [1.165, 1.54) is 5.57 Å². The Hall–Kier alpha value is -2.63. The number of methoxy groups -OCH3 is 1. The third-order valence-electron chi connectivity index (χ3n) is 5.20. The van der Waals surface area contributed by atoms with Gasteiger partial charge >= 0.3 is 0 Å². The fourth-order valence-corrected chi connectivity index (χ4v) is 3.96. The van der Waals surface area contributed by atoms with Crippen LogP contribution in [0.25, 0.3) is 28.0 Å². The lowest BCUT2D eigenvalue weighted by Crippen LogP contribution is -2.22. The second-order valence-electron chi connectivity index (χ2n) is 7.01. The number of rotatable bonds is 3. The summed E-state index contributed by atoms with van der Waals surface area (Å²) < 4.78 is 7.24. The van der Waals surface area contributed by atoms with Gasteiger partial charge in [-0.05, 0) is 55.1 Å². The van der Waals surface area contributed by atoms with Crippen LogP contribution in [0.5, 0.6) is 5.75 Å². The molecule has 0 atom stereocenters. The zero-order valence-electron chi connectivity index (χ0n) is 16.0. The summed E-state index contributed by atoms with van der Waals surface area (Å²) >= 11 is 6.68. The van der Waals surface area contributed by atoms with E-state index in [2.05, 4.69) is 16.4 Å². The number of hydrogen-bond acceptors (Lipinski definition) is 4. The van der Waals surface area contributed by atoms with E-state index in [9.17, 15) is 4.79 Å². The first-order valence-corrected chi connectivity index (χ1v) is 9.67. The Kier molecular flexibility index (Phi) is 5.20. The third kappa shape index (κ3) is 3.43. The molecule has 1 fully saturated rings. The van der Waals surface area contributed by atoms with Crippen molar-refractivity contribution in [2.24, 2.45) is 7.05 Å². The summed E-state index contributed by atoms with van der Waals surface area (Å²) in [7, 11) is 3.40. The highest BCUT2D eigenvalue weighted by Crippen LogP contribution is 2.37. The minimum Gasteiger partial charge on any atom is -0.496 e. The van der Waals surface area contributed by atoms with Gasteiger partial charge in [0.15, 0.2) is 0 Å². The molecular weight excluding hydrogens is 374 g/mol. The molecule has 6 heteroatoms. The summed E-state index contributed by atoms with van der Waals surface area (Å²) in [6, 6.07) is 5.79. The van der Waals surface area contributed by atoms with Gasteiger partial charge in [-0.2, -0.15) is 0 Å². The van der Waals surface area contributed by atoms with Gasteiger partial charge in [-0.1, -0.05) is 23.3 Å². The Morgan fingerprint density at radius 2 is 2.04 bits per heavy atom. The van der Waals surface area contributed by atoms with Crippen LogP contribution in [0.2, 0.25) is 5.02 Å². The Bertz CT molecular complexity index is 1130. The van der Waals surface area contributed by atoms with Crippen LogP contribution in [-0.4, -0.2) is 29.8 Å². The first-order chi connectivity index (χ1) is 13.6. The summed E-state index contributed by atoms with van der Waals surface area (Å²) in [5, 5.41) is 5.43. The van der Waals surface area contributed by atoms with E-state index in [0.29, 0.717) is 10.4 Å². The molecule has 144 valence electrons. The van der Waals surface area contributed by atoms with Crippen LogP contribution in [-0.2, 0) is 7.05 Å². The van der Waals surface area contributed by atoms with Gasteiger partial charge < -0.3 is 14.6 Å². The number of hydrogen-bond donors (Lipinski definition) is 1. The Balaban J connectivity index is 1.89. The van der Waals surface area contributed by atoms with E-state index in [4.69, 9.17) is 16.3 Å². The van der Waals surface area contributed by atoms with Crippen molar-refractivity contribution in [1.82, 2.24) is 14.9 Å². The van der Waals surface area contributed by atoms with Gasteiger partial charge in [-0.3, -0.25) is 9.78 Å². The van der Waals surface area contributed by atoms with Crippen molar-refractivity contribution < 1.29 is 4.74 Å². The average molecular weight is 396 g/mol. The fourth-order valence-electron chi connectivity index (χ4n) is 3.70. The maximum Gasteiger partial charge on any atom is 0.259 e. The highest BCUT2D eigenvalue weighted by molar-refractivity contribution is 6.32. The zero-order valence-corrected chi connectivity index (χ0v) is 16.7. The van der Waals surface area contributed by atoms with Crippen molar-refractivity contribution in [1.29, 1.82) is 0 Å². The number of pyridine rings is 2. The molecule has 0 saturated carbocycles. The summed E-state index contributed by atoms with van der Waals surface area (Å²) in [6.45, 7) is 1.98. The minimum absolute atomic E-state index is 0.0721. The first-order valence-electron chi connectivity index (χ1n) is 9.30. The van der Waals surface area contributed by atoms with Crippen molar-refractivity contribution >= 4 is 28.4 Å². The molecule has 0 spiro atoms. The SMILES string of the molecule is COc1cc(-c2cn(C)c(=O)c3cnccc23)cc(Cl)c1C=C1CCNCC1. The third-order valence-corrected chi connectivity index (χ3v) is 5.51.